The van der Waals surface area contributed by atoms with Gasteiger partial charge in [-0.15, -0.1) is 0 Å². The average molecular weight is 545 g/mol. The Morgan fingerprint density at radius 2 is 0.895 bits per heavy atom. The van der Waals surface area contributed by atoms with Crippen molar-refractivity contribution in [2.75, 3.05) is 80.8 Å². The van der Waals surface area contributed by atoms with E-state index in [4.69, 9.17) is 19.7 Å². The summed E-state index contributed by atoms with van der Waals surface area (Å²) < 4.78 is 11.9. The lowest BCUT2D eigenvalue weighted by molar-refractivity contribution is -0.890. The van der Waals surface area contributed by atoms with Gasteiger partial charge in [0.05, 0.1) is 41.4 Å². The number of aliphatic hydroxyl groups excluding tert-OH is 2. The molecule has 0 aliphatic rings. The number of nitrogens with zero attached hydrogens (tertiary/aromatic N) is 2. The van der Waals surface area contributed by atoms with E-state index in [2.05, 4.69) is 12.2 Å². The van der Waals surface area contributed by atoms with Gasteiger partial charge in [-0.2, -0.15) is 0 Å². The molecule has 0 saturated heterocycles. The number of aliphatic hydroxyl groups is 2. The molecular formula is C30H60N2O6+2. The number of quaternary nitrogens is 2. The summed E-state index contributed by atoms with van der Waals surface area (Å²) in [6.45, 7) is 3.91. The van der Waals surface area contributed by atoms with Crippen LogP contribution in [0.1, 0.15) is 89.9 Å². The number of ether oxygens (including phenoxy) is 2. The lowest BCUT2D eigenvalue weighted by Gasteiger charge is -2.28. The molecule has 8 nitrogen and oxygen atoms in total. The van der Waals surface area contributed by atoms with E-state index >= 15 is 0 Å². The largest absolute Gasteiger partial charge is 0.460 e. The third-order valence-electron chi connectivity index (χ3n) is 7.00. The van der Waals surface area contributed by atoms with E-state index in [1.807, 2.05) is 28.2 Å². The Morgan fingerprint density at radius 1 is 0.553 bits per heavy atom. The summed E-state index contributed by atoms with van der Waals surface area (Å²) in [5.74, 6) is -0.214. The minimum absolute atomic E-state index is 0.107. The van der Waals surface area contributed by atoms with Crippen molar-refractivity contribution in [3.8, 4) is 0 Å². The SMILES string of the molecule is C[N+](C)(CCO)CCOC(=O)CCCCCCCC=CCCCCCCCC(=O)OCC[N+](C)(C)CCO. The molecule has 0 aromatic carbocycles. The number of carbonyl (C=O) groups excluding carboxylic acids is 2. The average Bonchev–Trinajstić information content (AvgIpc) is 2.83. The summed E-state index contributed by atoms with van der Waals surface area (Å²) in [5.41, 5.74) is 0. The van der Waals surface area contributed by atoms with Crippen molar-refractivity contribution in [3.05, 3.63) is 12.2 Å². The summed E-state index contributed by atoms with van der Waals surface area (Å²) in [6, 6.07) is 0. The smallest absolute Gasteiger partial charge is 0.305 e. The summed E-state index contributed by atoms with van der Waals surface area (Å²) >= 11 is 0. The first-order chi connectivity index (χ1) is 18.1. The third-order valence-corrected chi connectivity index (χ3v) is 7.00. The van der Waals surface area contributed by atoms with Crippen LogP contribution < -0.4 is 0 Å². The van der Waals surface area contributed by atoms with Crippen LogP contribution in [-0.4, -0.2) is 112 Å². The third kappa shape index (κ3) is 24.8. The molecule has 38 heavy (non-hydrogen) atoms. The number of unbranched alkanes of at least 4 members (excludes halogenated alkanes) is 10. The Labute approximate surface area is 233 Å². The van der Waals surface area contributed by atoms with Crippen LogP contribution in [0.3, 0.4) is 0 Å². The van der Waals surface area contributed by atoms with Crippen LogP contribution >= 0.6 is 0 Å². The maximum atomic E-state index is 11.8. The molecule has 0 spiro atoms. The lowest BCUT2D eigenvalue weighted by atomic mass is 10.1. The van der Waals surface area contributed by atoms with Crippen molar-refractivity contribution < 1.29 is 38.2 Å². The van der Waals surface area contributed by atoms with Crippen molar-refractivity contribution in [3.63, 3.8) is 0 Å². The Kier molecular flexibility index (Phi) is 22.5. The number of esters is 2. The zero-order valence-electron chi connectivity index (χ0n) is 25.1. The zero-order valence-corrected chi connectivity index (χ0v) is 25.1. The van der Waals surface area contributed by atoms with E-state index < -0.39 is 0 Å². The highest BCUT2D eigenvalue weighted by atomic mass is 16.5. The van der Waals surface area contributed by atoms with Crippen molar-refractivity contribution in [1.82, 2.24) is 0 Å². The van der Waals surface area contributed by atoms with Gasteiger partial charge in [-0.1, -0.05) is 50.7 Å². The molecule has 0 saturated carbocycles. The molecule has 0 aliphatic carbocycles. The molecule has 0 aromatic rings. The fourth-order valence-electron chi connectivity index (χ4n) is 4.08. The number of carbonyl (C=O) groups is 2. The predicted molar refractivity (Wildman–Crippen MR) is 154 cm³/mol. The summed E-state index contributed by atoms with van der Waals surface area (Å²) in [7, 11) is 8.10. The van der Waals surface area contributed by atoms with Gasteiger partial charge in [0.1, 0.15) is 39.4 Å². The maximum absolute atomic E-state index is 11.8. The standard InChI is InChI=1S/C30H60N2O6/c1-31(2,21-25-33)23-27-37-29(35)19-17-15-13-11-9-7-5-6-8-10-12-14-16-18-20-30(36)38-28-24-32(3,4)22-26-34/h5-6,33-34H,7-28H2,1-4H3/q+2. The Balaban J connectivity index is 3.43. The topological polar surface area (TPSA) is 93.1 Å². The van der Waals surface area contributed by atoms with Gasteiger partial charge in [0.15, 0.2) is 0 Å². The maximum Gasteiger partial charge on any atom is 0.305 e. The Morgan fingerprint density at radius 3 is 1.26 bits per heavy atom. The van der Waals surface area contributed by atoms with E-state index in [0.29, 0.717) is 48.1 Å². The van der Waals surface area contributed by atoms with E-state index in [0.717, 1.165) is 64.5 Å². The quantitative estimate of drug-likeness (QED) is 0.0733. The Hall–Kier alpha value is -1.48. The van der Waals surface area contributed by atoms with Gasteiger partial charge >= 0.3 is 11.9 Å². The van der Waals surface area contributed by atoms with Gasteiger partial charge in [0, 0.05) is 12.8 Å². The number of likely N-dealkylation sites (N-methyl/N-ethyl adjacent to an activating group) is 2. The molecule has 0 fully saturated rings. The highest BCUT2D eigenvalue weighted by molar-refractivity contribution is 5.69. The van der Waals surface area contributed by atoms with Crippen LogP contribution in [0, 0.1) is 0 Å². The molecule has 0 radical (unpaired) electrons. The Bertz CT molecular complexity index is 570. The number of allylic oxidation sites excluding steroid dienone is 2. The van der Waals surface area contributed by atoms with Crippen LogP contribution in [0.2, 0.25) is 0 Å². The van der Waals surface area contributed by atoms with E-state index in [1.54, 1.807) is 0 Å². The summed E-state index contributed by atoms with van der Waals surface area (Å²) in [5, 5.41) is 18.0. The minimum Gasteiger partial charge on any atom is -0.460 e. The number of hydrogen-bond acceptors (Lipinski definition) is 6. The first kappa shape index (κ1) is 36.5. The van der Waals surface area contributed by atoms with Crippen LogP contribution in [0.4, 0.5) is 0 Å². The lowest BCUT2D eigenvalue weighted by Crippen LogP contribution is -2.44. The van der Waals surface area contributed by atoms with Crippen molar-refractivity contribution in [2.24, 2.45) is 0 Å². The van der Waals surface area contributed by atoms with Crippen molar-refractivity contribution >= 4 is 11.9 Å². The molecule has 0 rings (SSSR count). The van der Waals surface area contributed by atoms with E-state index in [-0.39, 0.29) is 25.2 Å². The molecule has 2 N–H and O–H groups in total. The fourth-order valence-corrected chi connectivity index (χ4v) is 4.08. The van der Waals surface area contributed by atoms with Gasteiger partial charge in [-0.3, -0.25) is 9.59 Å². The number of rotatable bonds is 26. The van der Waals surface area contributed by atoms with E-state index in [9.17, 15) is 9.59 Å². The van der Waals surface area contributed by atoms with Gasteiger partial charge < -0.3 is 28.7 Å². The summed E-state index contributed by atoms with van der Waals surface area (Å²) in [6.07, 6.45) is 18.9. The molecule has 224 valence electrons. The molecule has 0 bridgehead atoms. The summed E-state index contributed by atoms with van der Waals surface area (Å²) in [4.78, 5) is 23.6. The zero-order chi connectivity index (χ0) is 28.5. The fraction of sp³-hybridized carbons (Fsp3) is 0.867. The predicted octanol–water partition coefficient (Wildman–Crippen LogP) is 4.23. The first-order valence-corrected chi connectivity index (χ1v) is 14.9. The van der Waals surface area contributed by atoms with Crippen LogP contribution in [-0.2, 0) is 19.1 Å². The molecule has 0 aromatic heterocycles. The monoisotopic (exact) mass is 544 g/mol. The molecule has 0 aliphatic heterocycles. The van der Waals surface area contributed by atoms with Crippen LogP contribution in [0.5, 0.6) is 0 Å². The molecule has 8 heteroatoms. The molecule has 0 unspecified atom stereocenters. The molecular weight excluding hydrogens is 484 g/mol. The van der Waals surface area contributed by atoms with Gasteiger partial charge in [-0.05, 0) is 38.5 Å². The van der Waals surface area contributed by atoms with Crippen LogP contribution in [0.15, 0.2) is 12.2 Å². The second-order valence-corrected chi connectivity index (χ2v) is 11.7. The normalized spacial score (nSPS) is 12.3. The molecule has 0 amide bonds. The first-order valence-electron chi connectivity index (χ1n) is 14.9. The van der Waals surface area contributed by atoms with Gasteiger partial charge in [0.25, 0.3) is 0 Å². The highest BCUT2D eigenvalue weighted by Crippen LogP contribution is 2.11. The molecule has 0 atom stereocenters. The number of hydrogen-bond donors (Lipinski definition) is 2. The van der Waals surface area contributed by atoms with Gasteiger partial charge in [0.2, 0.25) is 0 Å². The highest BCUT2D eigenvalue weighted by Gasteiger charge is 2.15. The van der Waals surface area contributed by atoms with Gasteiger partial charge in [-0.25, -0.2) is 0 Å². The van der Waals surface area contributed by atoms with Crippen molar-refractivity contribution in [2.45, 2.75) is 89.9 Å². The van der Waals surface area contributed by atoms with E-state index in [1.165, 1.54) is 25.7 Å². The second kappa shape index (κ2) is 23.4. The minimum atomic E-state index is -0.107. The van der Waals surface area contributed by atoms with Crippen molar-refractivity contribution in [1.29, 1.82) is 0 Å². The second-order valence-electron chi connectivity index (χ2n) is 11.7. The molecule has 0 heterocycles. The van der Waals surface area contributed by atoms with Crippen LogP contribution in [0.25, 0.3) is 0 Å².